The van der Waals surface area contributed by atoms with E-state index in [1.165, 1.54) is 17.5 Å². The molecule has 3 N–H and O–H groups in total. The first-order chi connectivity index (χ1) is 16.3. The van der Waals surface area contributed by atoms with Gasteiger partial charge in [0.2, 0.25) is 0 Å². The van der Waals surface area contributed by atoms with Crippen LogP contribution in [-0.2, 0) is 10.9 Å². The second-order valence-electron chi connectivity index (χ2n) is 7.20. The van der Waals surface area contributed by atoms with Gasteiger partial charge in [0, 0.05) is 29.8 Å². The van der Waals surface area contributed by atoms with Crippen molar-refractivity contribution in [1.82, 2.24) is 9.59 Å². The van der Waals surface area contributed by atoms with Gasteiger partial charge in [0.25, 0.3) is 5.91 Å². The maximum absolute atomic E-state index is 14.0. The van der Waals surface area contributed by atoms with E-state index in [1.807, 2.05) is 0 Å². The Labute approximate surface area is 202 Å². The predicted molar refractivity (Wildman–Crippen MR) is 129 cm³/mol. The molecule has 0 aliphatic carbocycles. The minimum atomic E-state index is -4.58. The van der Waals surface area contributed by atoms with Crippen LogP contribution in [0.1, 0.15) is 16.1 Å². The molecule has 1 fully saturated rings. The SMILES string of the molecule is O=C(Nc1ccc(NC(=S)Nc2cccc(N3CCOCC3)c2C(F)(F)F)cc1)c1csnn1. The van der Waals surface area contributed by atoms with Crippen LogP contribution >= 0.6 is 23.8 Å². The van der Waals surface area contributed by atoms with Crippen molar-refractivity contribution in [3.05, 3.63) is 59.1 Å². The predicted octanol–water partition coefficient (Wildman–Crippen LogP) is 4.45. The Morgan fingerprint density at radius 2 is 1.71 bits per heavy atom. The second-order valence-corrected chi connectivity index (χ2v) is 8.22. The highest BCUT2D eigenvalue weighted by Gasteiger charge is 2.38. The average Bonchev–Trinajstić information content (AvgIpc) is 3.35. The molecule has 1 aromatic heterocycles. The van der Waals surface area contributed by atoms with Crippen molar-refractivity contribution in [1.29, 1.82) is 0 Å². The normalized spacial score (nSPS) is 13.9. The summed E-state index contributed by atoms with van der Waals surface area (Å²) in [5.41, 5.74) is 0.408. The number of anilines is 4. The van der Waals surface area contributed by atoms with Crippen LogP contribution in [0, 0.1) is 0 Å². The number of halogens is 3. The molecule has 2 aromatic carbocycles. The summed E-state index contributed by atoms with van der Waals surface area (Å²) in [6, 6.07) is 10.9. The van der Waals surface area contributed by atoms with E-state index in [-0.39, 0.29) is 22.2 Å². The van der Waals surface area contributed by atoms with Crippen molar-refractivity contribution in [3.63, 3.8) is 0 Å². The second kappa shape index (κ2) is 10.3. The highest BCUT2D eigenvalue weighted by molar-refractivity contribution is 7.80. The number of amides is 1. The standard InChI is InChI=1S/C21H19F3N6O2S2/c22-21(23,24)18-15(2-1-3-17(18)30-8-10-32-11-9-30)27-20(33)26-14-6-4-13(5-7-14)25-19(31)16-12-34-29-28-16/h1-7,12H,8-11H2,(H,25,31)(H2,26,27,33). The van der Waals surface area contributed by atoms with Crippen molar-refractivity contribution in [2.24, 2.45) is 0 Å². The summed E-state index contributed by atoms with van der Waals surface area (Å²) in [6.07, 6.45) is -4.58. The van der Waals surface area contributed by atoms with Gasteiger partial charge in [0.1, 0.15) is 5.56 Å². The lowest BCUT2D eigenvalue weighted by Gasteiger charge is -2.32. The summed E-state index contributed by atoms with van der Waals surface area (Å²) in [5, 5.41) is 13.4. The number of rotatable bonds is 5. The van der Waals surface area contributed by atoms with Gasteiger partial charge in [0.05, 0.1) is 24.6 Å². The molecule has 1 aliphatic rings. The number of carbonyl (C=O) groups excluding carboxylic acids is 1. The first-order valence-electron chi connectivity index (χ1n) is 10.1. The molecule has 0 spiro atoms. The number of benzene rings is 2. The maximum Gasteiger partial charge on any atom is 0.420 e. The van der Waals surface area contributed by atoms with Gasteiger partial charge in [-0.1, -0.05) is 10.6 Å². The summed E-state index contributed by atoms with van der Waals surface area (Å²) in [6.45, 7) is 1.48. The number of ether oxygens (including phenoxy) is 1. The molecule has 34 heavy (non-hydrogen) atoms. The first-order valence-corrected chi connectivity index (χ1v) is 11.3. The molecule has 0 bridgehead atoms. The van der Waals surface area contributed by atoms with Crippen molar-refractivity contribution in [2.75, 3.05) is 47.2 Å². The van der Waals surface area contributed by atoms with Gasteiger partial charge < -0.3 is 25.6 Å². The lowest BCUT2D eigenvalue weighted by molar-refractivity contribution is -0.136. The molecule has 2 heterocycles. The number of morpholine rings is 1. The van der Waals surface area contributed by atoms with Gasteiger partial charge in [0.15, 0.2) is 10.8 Å². The van der Waals surface area contributed by atoms with E-state index in [2.05, 4.69) is 25.5 Å². The molecule has 8 nitrogen and oxygen atoms in total. The van der Waals surface area contributed by atoms with E-state index in [1.54, 1.807) is 35.2 Å². The largest absolute Gasteiger partial charge is 0.420 e. The monoisotopic (exact) mass is 508 g/mol. The van der Waals surface area contributed by atoms with Crippen LogP contribution in [0.25, 0.3) is 0 Å². The van der Waals surface area contributed by atoms with Gasteiger partial charge in [-0.2, -0.15) is 13.2 Å². The van der Waals surface area contributed by atoms with E-state index in [0.717, 1.165) is 11.5 Å². The summed E-state index contributed by atoms with van der Waals surface area (Å²) < 4.78 is 50.9. The van der Waals surface area contributed by atoms with E-state index in [4.69, 9.17) is 17.0 Å². The average molecular weight is 509 g/mol. The molecule has 3 aromatic rings. The number of nitrogens with one attached hydrogen (secondary N) is 3. The Balaban J connectivity index is 1.45. The molecular weight excluding hydrogens is 489 g/mol. The fourth-order valence-corrected chi connectivity index (χ4v) is 4.05. The highest BCUT2D eigenvalue weighted by atomic mass is 32.1. The van der Waals surface area contributed by atoms with Crippen LogP contribution in [0.15, 0.2) is 47.8 Å². The van der Waals surface area contributed by atoms with Crippen molar-refractivity contribution < 1.29 is 22.7 Å². The van der Waals surface area contributed by atoms with Crippen LogP contribution in [0.2, 0.25) is 0 Å². The minimum Gasteiger partial charge on any atom is -0.378 e. The summed E-state index contributed by atoms with van der Waals surface area (Å²) in [7, 11) is 0. The zero-order valence-corrected chi connectivity index (χ0v) is 19.2. The molecule has 4 rings (SSSR count). The van der Waals surface area contributed by atoms with E-state index >= 15 is 0 Å². The minimum absolute atomic E-state index is 0.00467. The Kier molecular flexibility index (Phi) is 7.24. The van der Waals surface area contributed by atoms with Crippen LogP contribution in [0.3, 0.4) is 0 Å². The van der Waals surface area contributed by atoms with E-state index in [0.29, 0.717) is 37.7 Å². The quantitative estimate of drug-likeness (QED) is 0.436. The Hall–Kier alpha value is -3.29. The number of aromatic nitrogens is 2. The van der Waals surface area contributed by atoms with Gasteiger partial charge in [-0.15, -0.1) is 5.10 Å². The van der Waals surface area contributed by atoms with E-state index < -0.39 is 17.6 Å². The Morgan fingerprint density at radius 3 is 2.32 bits per heavy atom. The first kappa shape index (κ1) is 23.9. The molecule has 0 unspecified atom stereocenters. The van der Waals surface area contributed by atoms with Crippen molar-refractivity contribution in [3.8, 4) is 0 Å². The van der Waals surface area contributed by atoms with Crippen molar-refractivity contribution >= 4 is 57.5 Å². The summed E-state index contributed by atoms with van der Waals surface area (Å²) >= 11 is 6.32. The van der Waals surface area contributed by atoms with Crippen LogP contribution in [-0.4, -0.2) is 46.9 Å². The lowest BCUT2D eigenvalue weighted by Crippen LogP contribution is -2.37. The third-order valence-corrected chi connectivity index (χ3v) is 5.63. The van der Waals surface area contributed by atoms with E-state index in [9.17, 15) is 18.0 Å². The number of carbonyl (C=O) groups is 1. The molecule has 178 valence electrons. The molecule has 0 radical (unpaired) electrons. The van der Waals surface area contributed by atoms with Crippen molar-refractivity contribution in [2.45, 2.75) is 6.18 Å². The van der Waals surface area contributed by atoms with Gasteiger partial charge >= 0.3 is 6.18 Å². The summed E-state index contributed by atoms with van der Waals surface area (Å²) in [5.74, 6) is -0.397. The lowest BCUT2D eigenvalue weighted by atomic mass is 10.1. The number of hydrogen-bond acceptors (Lipinski definition) is 7. The van der Waals surface area contributed by atoms with Gasteiger partial charge in [-0.05, 0) is 60.1 Å². The van der Waals surface area contributed by atoms with Gasteiger partial charge in [-0.3, -0.25) is 4.79 Å². The molecule has 1 aliphatic heterocycles. The molecule has 1 amide bonds. The fourth-order valence-electron chi connectivity index (χ4n) is 3.39. The summed E-state index contributed by atoms with van der Waals surface area (Å²) in [4.78, 5) is 13.7. The van der Waals surface area contributed by atoms with Crippen LogP contribution < -0.4 is 20.9 Å². The third kappa shape index (κ3) is 5.79. The highest BCUT2D eigenvalue weighted by Crippen LogP contribution is 2.42. The van der Waals surface area contributed by atoms with Gasteiger partial charge in [-0.25, -0.2) is 0 Å². The number of nitrogens with zero attached hydrogens (tertiary/aromatic N) is 3. The zero-order valence-electron chi connectivity index (χ0n) is 17.6. The zero-order chi connectivity index (χ0) is 24.1. The molecule has 0 saturated carbocycles. The number of alkyl halides is 3. The van der Waals surface area contributed by atoms with Crippen LogP contribution in [0.4, 0.5) is 35.9 Å². The smallest absolute Gasteiger partial charge is 0.378 e. The molecule has 1 saturated heterocycles. The number of hydrogen-bond donors (Lipinski definition) is 3. The molecule has 0 atom stereocenters. The Morgan fingerprint density at radius 1 is 1.03 bits per heavy atom. The molecular formula is C21H19F3N6O2S2. The molecule has 13 heteroatoms. The topological polar surface area (TPSA) is 91.4 Å². The third-order valence-electron chi connectivity index (χ3n) is 4.92. The maximum atomic E-state index is 14.0. The number of thiocarbonyl (C=S) groups is 1. The van der Waals surface area contributed by atoms with Crippen LogP contribution in [0.5, 0.6) is 0 Å². The fraction of sp³-hybridized carbons (Fsp3) is 0.238. The Bertz CT molecular complexity index is 1150.